The van der Waals surface area contributed by atoms with Crippen molar-refractivity contribution in [2.45, 2.75) is 25.5 Å². The minimum atomic E-state index is -0.554. The quantitative estimate of drug-likeness (QED) is 0.899. The van der Waals surface area contributed by atoms with Gasteiger partial charge < -0.3 is 10.8 Å². The molecule has 5 heteroatoms. The second-order valence-electron chi connectivity index (χ2n) is 3.17. The van der Waals surface area contributed by atoms with Crippen LogP contribution in [0.2, 0.25) is 5.02 Å². The Kier molecular flexibility index (Phi) is 6.80. The van der Waals surface area contributed by atoms with E-state index in [1.54, 1.807) is 6.07 Å². The number of benzene rings is 1. The second kappa shape index (κ2) is 6.71. The lowest BCUT2D eigenvalue weighted by Gasteiger charge is -2.18. The van der Waals surface area contributed by atoms with Gasteiger partial charge in [0.1, 0.15) is 0 Å². The van der Waals surface area contributed by atoms with Crippen LogP contribution in [0, 0.1) is 0 Å². The zero-order chi connectivity index (χ0) is 10.7. The molecule has 0 aromatic heterocycles. The molecule has 0 bridgehead atoms. The molecule has 0 spiro atoms. The summed E-state index contributed by atoms with van der Waals surface area (Å²) in [6, 6.07) is 5.02. The summed E-state index contributed by atoms with van der Waals surface area (Å²) in [5.41, 5.74) is 6.64. The molecule has 0 aliphatic carbocycles. The van der Waals surface area contributed by atoms with Crippen LogP contribution in [0.15, 0.2) is 22.7 Å². The summed E-state index contributed by atoms with van der Waals surface area (Å²) in [5.74, 6) is 0. The van der Waals surface area contributed by atoms with Crippen molar-refractivity contribution in [2.24, 2.45) is 5.73 Å². The molecule has 0 unspecified atom stereocenters. The number of rotatable bonds is 3. The Labute approximate surface area is 109 Å². The monoisotopic (exact) mass is 313 g/mol. The summed E-state index contributed by atoms with van der Waals surface area (Å²) in [7, 11) is 0. The van der Waals surface area contributed by atoms with Crippen LogP contribution in [-0.2, 0) is 0 Å². The maximum Gasteiger partial charge on any atom is 0.0730 e. The highest BCUT2D eigenvalue weighted by molar-refractivity contribution is 9.10. The maximum absolute atomic E-state index is 9.60. The van der Waals surface area contributed by atoms with Crippen LogP contribution in [0.25, 0.3) is 0 Å². The molecule has 3 N–H and O–H groups in total. The molecule has 1 aromatic rings. The lowest BCUT2D eigenvalue weighted by atomic mass is 10.0. The zero-order valence-corrected chi connectivity index (χ0v) is 11.4. The minimum absolute atomic E-state index is 0. The number of aliphatic hydroxyl groups is 1. The number of aliphatic hydroxyl groups excluding tert-OH is 1. The van der Waals surface area contributed by atoms with E-state index in [0.29, 0.717) is 11.4 Å². The van der Waals surface area contributed by atoms with Crippen molar-refractivity contribution in [3.8, 4) is 0 Å². The molecule has 0 aliphatic heterocycles. The van der Waals surface area contributed by atoms with Gasteiger partial charge in [-0.2, -0.15) is 0 Å². The van der Waals surface area contributed by atoms with E-state index in [1.165, 1.54) is 0 Å². The topological polar surface area (TPSA) is 46.2 Å². The highest BCUT2D eigenvalue weighted by atomic mass is 79.9. The van der Waals surface area contributed by atoms with Gasteiger partial charge in [-0.15, -0.1) is 12.4 Å². The number of nitrogens with two attached hydrogens (primary N) is 1. The summed E-state index contributed by atoms with van der Waals surface area (Å²) in [4.78, 5) is 0. The number of hydrogen-bond donors (Lipinski definition) is 2. The van der Waals surface area contributed by atoms with Gasteiger partial charge in [-0.25, -0.2) is 0 Å². The number of halogens is 3. The van der Waals surface area contributed by atoms with Gasteiger partial charge in [0, 0.05) is 9.50 Å². The molecular weight excluding hydrogens is 301 g/mol. The van der Waals surface area contributed by atoms with Gasteiger partial charge in [0.25, 0.3) is 0 Å². The van der Waals surface area contributed by atoms with E-state index < -0.39 is 12.1 Å². The molecule has 0 heterocycles. The summed E-state index contributed by atoms with van der Waals surface area (Å²) >= 11 is 9.32. The first-order chi connectivity index (χ1) is 6.56. The predicted octanol–water partition coefficient (Wildman–Crippen LogP) is 3.30. The third-order valence-corrected chi connectivity index (χ3v) is 2.99. The normalized spacial score (nSPS) is 14.2. The van der Waals surface area contributed by atoms with Crippen LogP contribution in [0.3, 0.4) is 0 Å². The Hall–Kier alpha value is 0.200. The first kappa shape index (κ1) is 15.2. The molecular formula is C10H14BrCl2NO. The Morgan fingerprint density at radius 3 is 2.67 bits per heavy atom. The summed E-state index contributed by atoms with van der Waals surface area (Å²) in [5, 5.41) is 10.2. The summed E-state index contributed by atoms with van der Waals surface area (Å²) in [6.45, 7) is 1.89. The van der Waals surface area contributed by atoms with Crippen molar-refractivity contribution < 1.29 is 5.11 Å². The third-order valence-electron chi connectivity index (χ3n) is 2.15. The molecule has 1 rings (SSSR count). The highest BCUT2D eigenvalue weighted by Crippen LogP contribution is 2.27. The van der Waals surface area contributed by atoms with Crippen molar-refractivity contribution in [3.63, 3.8) is 0 Å². The van der Waals surface area contributed by atoms with E-state index in [4.69, 9.17) is 17.3 Å². The van der Waals surface area contributed by atoms with Gasteiger partial charge >= 0.3 is 0 Å². The van der Waals surface area contributed by atoms with Gasteiger partial charge in [-0.05, 0) is 30.2 Å². The zero-order valence-electron chi connectivity index (χ0n) is 8.28. The lowest BCUT2D eigenvalue weighted by molar-refractivity contribution is 0.141. The van der Waals surface area contributed by atoms with E-state index in [0.717, 1.165) is 10.0 Å². The summed E-state index contributed by atoms with van der Waals surface area (Å²) in [6.07, 6.45) is 0.0612. The van der Waals surface area contributed by atoms with Gasteiger partial charge in [0.05, 0.1) is 12.1 Å². The average Bonchev–Trinajstić information content (AvgIpc) is 2.19. The van der Waals surface area contributed by atoms with Gasteiger partial charge in [-0.1, -0.05) is 34.5 Å². The fourth-order valence-electron chi connectivity index (χ4n) is 1.23. The maximum atomic E-state index is 9.60. The lowest BCUT2D eigenvalue weighted by Crippen LogP contribution is -2.25. The Morgan fingerprint density at radius 2 is 2.13 bits per heavy atom. The molecule has 0 fully saturated rings. The Bertz CT molecular complexity index is 322. The fraction of sp³-hybridized carbons (Fsp3) is 0.400. The molecule has 0 saturated heterocycles. The molecule has 2 nitrogen and oxygen atoms in total. The first-order valence-electron chi connectivity index (χ1n) is 4.44. The third kappa shape index (κ3) is 3.93. The van der Waals surface area contributed by atoms with Crippen molar-refractivity contribution >= 4 is 39.9 Å². The molecule has 86 valence electrons. The fourth-order valence-corrected chi connectivity index (χ4v) is 1.85. The average molecular weight is 315 g/mol. The van der Waals surface area contributed by atoms with Gasteiger partial charge in [0.2, 0.25) is 0 Å². The van der Waals surface area contributed by atoms with Crippen molar-refractivity contribution in [3.05, 3.63) is 33.3 Å². The molecule has 0 saturated carbocycles. The molecule has 2 atom stereocenters. The smallest absolute Gasteiger partial charge is 0.0730 e. The molecule has 15 heavy (non-hydrogen) atoms. The Morgan fingerprint density at radius 1 is 1.53 bits per heavy atom. The van der Waals surface area contributed by atoms with Gasteiger partial charge in [0.15, 0.2) is 0 Å². The van der Waals surface area contributed by atoms with E-state index in [-0.39, 0.29) is 12.4 Å². The van der Waals surface area contributed by atoms with E-state index >= 15 is 0 Å². The van der Waals surface area contributed by atoms with E-state index in [2.05, 4.69) is 15.9 Å². The van der Waals surface area contributed by atoms with Crippen LogP contribution in [0.1, 0.15) is 24.9 Å². The van der Waals surface area contributed by atoms with E-state index in [1.807, 2.05) is 19.1 Å². The van der Waals surface area contributed by atoms with Crippen LogP contribution in [-0.4, -0.2) is 11.2 Å². The largest absolute Gasteiger partial charge is 0.391 e. The van der Waals surface area contributed by atoms with Gasteiger partial charge in [-0.3, -0.25) is 0 Å². The highest BCUT2D eigenvalue weighted by Gasteiger charge is 2.17. The SMILES string of the molecule is CC[C@@H](O)[C@@H](N)c1cc(Br)ccc1Cl.Cl. The standard InChI is InChI=1S/C10H13BrClNO.ClH/c1-2-9(14)10(13)7-5-6(11)3-4-8(7)12;/h3-5,9-10,14H,2,13H2,1H3;1H/t9-,10+;/m1./s1. The van der Waals surface area contributed by atoms with Crippen LogP contribution < -0.4 is 5.73 Å². The molecule has 1 aromatic carbocycles. The predicted molar refractivity (Wildman–Crippen MR) is 69.6 cm³/mol. The van der Waals surface area contributed by atoms with E-state index in [9.17, 15) is 5.11 Å². The number of hydrogen-bond acceptors (Lipinski definition) is 2. The van der Waals surface area contributed by atoms with Crippen molar-refractivity contribution in [1.29, 1.82) is 0 Å². The Balaban J connectivity index is 0.00000196. The molecule has 0 radical (unpaired) electrons. The summed E-state index contributed by atoms with van der Waals surface area (Å²) < 4.78 is 0.913. The first-order valence-corrected chi connectivity index (χ1v) is 5.62. The second-order valence-corrected chi connectivity index (χ2v) is 4.49. The molecule has 0 aliphatic rings. The molecule has 0 amide bonds. The van der Waals surface area contributed by atoms with Crippen LogP contribution >= 0.6 is 39.9 Å². The van der Waals surface area contributed by atoms with Crippen LogP contribution in [0.4, 0.5) is 0 Å². The van der Waals surface area contributed by atoms with Crippen LogP contribution in [0.5, 0.6) is 0 Å². The van der Waals surface area contributed by atoms with Crippen molar-refractivity contribution in [1.82, 2.24) is 0 Å². The van der Waals surface area contributed by atoms with Crippen molar-refractivity contribution in [2.75, 3.05) is 0 Å². The minimum Gasteiger partial charge on any atom is -0.391 e.